The summed E-state index contributed by atoms with van der Waals surface area (Å²) >= 11 is 0. The van der Waals surface area contributed by atoms with Crippen LogP contribution in [0.15, 0.2) is 0 Å². The third-order valence-corrected chi connectivity index (χ3v) is 4.14. The van der Waals surface area contributed by atoms with E-state index in [1.807, 2.05) is 0 Å². The molecule has 2 unspecified atom stereocenters. The summed E-state index contributed by atoms with van der Waals surface area (Å²) in [5.41, 5.74) is 0. The van der Waals surface area contributed by atoms with E-state index in [4.69, 9.17) is 0 Å². The number of hydrogen-bond acceptors (Lipinski definition) is 3. The zero-order valence-electron chi connectivity index (χ0n) is 10.4. The number of hydrogen-bond donors (Lipinski definition) is 1. The summed E-state index contributed by atoms with van der Waals surface area (Å²) in [5.74, 6) is 1.80. The molecule has 2 aliphatic rings. The maximum absolute atomic E-state index is 3.37. The van der Waals surface area contributed by atoms with Crippen LogP contribution in [-0.4, -0.2) is 62.7 Å². The van der Waals surface area contributed by atoms with Crippen molar-refractivity contribution < 1.29 is 0 Å². The summed E-state index contributed by atoms with van der Waals surface area (Å²) in [4.78, 5) is 5.02. The van der Waals surface area contributed by atoms with Gasteiger partial charge in [-0.3, -0.25) is 0 Å². The fourth-order valence-electron chi connectivity index (χ4n) is 2.67. The van der Waals surface area contributed by atoms with E-state index in [1.54, 1.807) is 0 Å². The Morgan fingerprint density at radius 2 is 2.13 bits per heavy atom. The van der Waals surface area contributed by atoms with Crippen LogP contribution in [0.4, 0.5) is 0 Å². The Morgan fingerprint density at radius 3 is 2.60 bits per heavy atom. The number of nitrogens with one attached hydrogen (secondary N) is 1. The van der Waals surface area contributed by atoms with Crippen molar-refractivity contribution in [3.8, 4) is 0 Å². The minimum absolute atomic E-state index is 0.789. The van der Waals surface area contributed by atoms with Gasteiger partial charge in [0.05, 0.1) is 0 Å². The highest BCUT2D eigenvalue weighted by atomic mass is 15.2. The van der Waals surface area contributed by atoms with Crippen LogP contribution in [0.25, 0.3) is 0 Å². The first-order valence-electron chi connectivity index (χ1n) is 6.26. The van der Waals surface area contributed by atoms with E-state index in [2.05, 4.69) is 36.1 Å². The molecule has 15 heavy (non-hydrogen) atoms. The highest BCUT2D eigenvalue weighted by Crippen LogP contribution is 2.20. The summed E-state index contributed by atoms with van der Waals surface area (Å²) in [7, 11) is 4.40. The van der Waals surface area contributed by atoms with Crippen molar-refractivity contribution in [1.82, 2.24) is 15.1 Å². The van der Waals surface area contributed by atoms with Crippen molar-refractivity contribution >= 4 is 0 Å². The molecule has 0 radical (unpaired) electrons. The minimum atomic E-state index is 0.789. The molecule has 0 aromatic rings. The largest absolute Gasteiger partial charge is 0.316 e. The van der Waals surface area contributed by atoms with Crippen LogP contribution < -0.4 is 5.32 Å². The molecule has 2 aliphatic heterocycles. The van der Waals surface area contributed by atoms with E-state index in [1.165, 1.54) is 39.1 Å². The lowest BCUT2D eigenvalue weighted by atomic mass is 9.88. The van der Waals surface area contributed by atoms with Gasteiger partial charge in [-0.1, -0.05) is 6.92 Å². The maximum atomic E-state index is 3.37. The summed E-state index contributed by atoms with van der Waals surface area (Å²) in [6, 6.07) is 0.789. The molecule has 0 saturated carbocycles. The fourth-order valence-corrected chi connectivity index (χ4v) is 2.67. The zero-order chi connectivity index (χ0) is 10.8. The molecule has 2 heterocycles. The van der Waals surface area contributed by atoms with Crippen LogP contribution >= 0.6 is 0 Å². The Hall–Kier alpha value is -0.120. The molecular weight excluding hydrogens is 186 g/mol. The van der Waals surface area contributed by atoms with Gasteiger partial charge in [0.2, 0.25) is 0 Å². The molecule has 3 nitrogen and oxygen atoms in total. The smallest absolute Gasteiger partial charge is 0.0229 e. The van der Waals surface area contributed by atoms with Crippen LogP contribution in [0.2, 0.25) is 0 Å². The second-order valence-corrected chi connectivity index (χ2v) is 5.56. The second-order valence-electron chi connectivity index (χ2n) is 5.56. The van der Waals surface area contributed by atoms with E-state index >= 15 is 0 Å². The highest BCUT2D eigenvalue weighted by Gasteiger charge is 2.29. The van der Waals surface area contributed by atoms with E-state index in [0.29, 0.717) is 0 Å². The van der Waals surface area contributed by atoms with Gasteiger partial charge in [-0.05, 0) is 52.0 Å². The molecule has 3 heteroatoms. The van der Waals surface area contributed by atoms with Crippen molar-refractivity contribution in [3.05, 3.63) is 0 Å². The molecule has 2 saturated heterocycles. The van der Waals surface area contributed by atoms with Crippen molar-refractivity contribution in [1.29, 1.82) is 0 Å². The van der Waals surface area contributed by atoms with Gasteiger partial charge >= 0.3 is 0 Å². The quantitative estimate of drug-likeness (QED) is 0.729. The number of likely N-dealkylation sites (tertiary alicyclic amines) is 1. The van der Waals surface area contributed by atoms with Gasteiger partial charge in [0.15, 0.2) is 0 Å². The molecule has 0 amide bonds. The molecule has 0 aromatic carbocycles. The lowest BCUT2D eigenvalue weighted by Gasteiger charge is -2.35. The fraction of sp³-hybridized carbons (Fsp3) is 1.00. The average molecular weight is 211 g/mol. The van der Waals surface area contributed by atoms with E-state index in [0.717, 1.165) is 17.9 Å². The monoisotopic (exact) mass is 211 g/mol. The standard InChI is InChI=1S/C12H25N3/c1-10(11-6-13-7-11)8-15-5-4-12(9-15)14(2)3/h10-13H,4-9H2,1-3H3. The lowest BCUT2D eigenvalue weighted by Crippen LogP contribution is -2.48. The molecule has 1 N–H and O–H groups in total. The Balaban J connectivity index is 1.71. The van der Waals surface area contributed by atoms with Gasteiger partial charge in [-0.25, -0.2) is 0 Å². The molecule has 2 atom stereocenters. The van der Waals surface area contributed by atoms with E-state index < -0.39 is 0 Å². The first-order valence-corrected chi connectivity index (χ1v) is 6.26. The maximum Gasteiger partial charge on any atom is 0.0229 e. The normalized spacial score (nSPS) is 30.8. The third kappa shape index (κ3) is 2.71. The van der Waals surface area contributed by atoms with Gasteiger partial charge in [0.25, 0.3) is 0 Å². The Kier molecular flexibility index (Phi) is 3.65. The van der Waals surface area contributed by atoms with Crippen LogP contribution in [0.5, 0.6) is 0 Å². The van der Waals surface area contributed by atoms with E-state index in [9.17, 15) is 0 Å². The SMILES string of the molecule is CC(CN1CCC(N(C)C)C1)C1CNC1. The van der Waals surface area contributed by atoms with Gasteiger partial charge in [0, 0.05) is 19.1 Å². The zero-order valence-corrected chi connectivity index (χ0v) is 10.4. The van der Waals surface area contributed by atoms with Gasteiger partial charge < -0.3 is 15.1 Å². The predicted octanol–water partition coefficient (Wildman–Crippen LogP) is 0.478. The molecule has 2 fully saturated rings. The van der Waals surface area contributed by atoms with Crippen molar-refractivity contribution in [3.63, 3.8) is 0 Å². The third-order valence-electron chi connectivity index (χ3n) is 4.14. The molecule has 0 bridgehead atoms. The molecule has 0 spiro atoms. The first kappa shape index (κ1) is 11.4. The molecule has 0 aliphatic carbocycles. The lowest BCUT2D eigenvalue weighted by molar-refractivity contribution is 0.177. The number of likely N-dealkylation sites (N-methyl/N-ethyl adjacent to an activating group) is 1. The molecule has 0 aromatic heterocycles. The van der Waals surface area contributed by atoms with Gasteiger partial charge in [0.1, 0.15) is 0 Å². The van der Waals surface area contributed by atoms with Crippen LogP contribution in [-0.2, 0) is 0 Å². The van der Waals surface area contributed by atoms with Crippen LogP contribution in [0.3, 0.4) is 0 Å². The molecule has 88 valence electrons. The molecule has 2 rings (SSSR count). The second kappa shape index (κ2) is 4.81. The predicted molar refractivity (Wildman–Crippen MR) is 64.1 cm³/mol. The Bertz CT molecular complexity index is 201. The van der Waals surface area contributed by atoms with Crippen molar-refractivity contribution in [2.24, 2.45) is 11.8 Å². The van der Waals surface area contributed by atoms with Crippen molar-refractivity contribution in [2.75, 3.05) is 46.8 Å². The van der Waals surface area contributed by atoms with Gasteiger partial charge in [-0.15, -0.1) is 0 Å². The first-order chi connectivity index (χ1) is 7.16. The van der Waals surface area contributed by atoms with Crippen molar-refractivity contribution in [2.45, 2.75) is 19.4 Å². The number of rotatable bonds is 4. The summed E-state index contributed by atoms with van der Waals surface area (Å²) in [5, 5.41) is 3.37. The summed E-state index contributed by atoms with van der Waals surface area (Å²) in [6.07, 6.45) is 1.35. The van der Waals surface area contributed by atoms with Crippen LogP contribution in [0.1, 0.15) is 13.3 Å². The minimum Gasteiger partial charge on any atom is -0.316 e. The highest BCUT2D eigenvalue weighted by molar-refractivity contribution is 4.85. The molecular formula is C12H25N3. The number of nitrogens with zero attached hydrogens (tertiary/aromatic N) is 2. The Labute approximate surface area is 93.8 Å². The average Bonchev–Trinajstić information content (AvgIpc) is 2.48. The van der Waals surface area contributed by atoms with Gasteiger partial charge in [-0.2, -0.15) is 0 Å². The Morgan fingerprint density at radius 1 is 1.40 bits per heavy atom. The van der Waals surface area contributed by atoms with Crippen LogP contribution in [0, 0.1) is 11.8 Å². The van der Waals surface area contributed by atoms with E-state index in [-0.39, 0.29) is 0 Å². The topological polar surface area (TPSA) is 18.5 Å². The summed E-state index contributed by atoms with van der Waals surface area (Å²) in [6.45, 7) is 8.77. The summed E-state index contributed by atoms with van der Waals surface area (Å²) < 4.78 is 0.